The van der Waals surface area contributed by atoms with Gasteiger partial charge in [0, 0.05) is 44.8 Å². The summed E-state index contributed by atoms with van der Waals surface area (Å²) in [7, 11) is 0. The van der Waals surface area contributed by atoms with Crippen LogP contribution in [0.15, 0.2) is 223 Å². The number of aromatic nitrogens is 1. The molecule has 2 aliphatic rings. The van der Waals surface area contributed by atoms with Crippen LogP contribution in [0.1, 0.15) is 58.2 Å². The highest BCUT2D eigenvalue weighted by molar-refractivity contribution is 6.12. The van der Waals surface area contributed by atoms with Crippen LogP contribution in [0.3, 0.4) is 0 Å². The molecule has 0 amide bonds. The number of furan rings is 1. The third-order valence-corrected chi connectivity index (χ3v) is 16.2. The Hall–Kier alpha value is -9.36. The molecule has 10 aromatic carbocycles. The van der Waals surface area contributed by atoms with Gasteiger partial charge in [0.2, 0.25) is 0 Å². The Morgan fingerprint density at radius 3 is 1.36 bits per heavy atom. The van der Waals surface area contributed by atoms with E-state index >= 15 is 0 Å². The lowest BCUT2D eigenvalue weighted by Crippen LogP contribution is -2.17. The highest BCUT2D eigenvalue weighted by Gasteiger charge is 2.34. The molecule has 2 aromatic heterocycles. The highest BCUT2D eigenvalue weighted by atomic mass is 16.3. The van der Waals surface area contributed by atoms with Crippen LogP contribution in [-0.2, 0) is 10.8 Å². The maximum atomic E-state index is 11.8. The van der Waals surface area contributed by atoms with Crippen molar-refractivity contribution in [3.8, 4) is 129 Å². The van der Waals surface area contributed by atoms with E-state index in [-0.39, 0.29) is 10.8 Å². The first-order chi connectivity index (χ1) is 37.5. The Kier molecular flexibility index (Phi) is 10.4. The van der Waals surface area contributed by atoms with Crippen LogP contribution in [0.4, 0.5) is 0 Å². The van der Waals surface area contributed by atoms with Crippen LogP contribution in [0.5, 0.6) is 0 Å². The Morgan fingerprint density at radius 1 is 0.351 bits per heavy atom. The Balaban J connectivity index is 1.02. The highest BCUT2D eigenvalue weighted by Crippen LogP contribution is 2.56. The second-order valence-electron chi connectivity index (χ2n) is 22.8. The molecule has 77 heavy (non-hydrogen) atoms. The van der Waals surface area contributed by atoms with Crippen molar-refractivity contribution in [3.63, 3.8) is 0 Å². The van der Waals surface area contributed by atoms with Crippen LogP contribution in [0, 0.1) is 11.3 Å². The van der Waals surface area contributed by atoms with Crippen molar-refractivity contribution in [2.45, 2.75) is 52.4 Å². The number of para-hydroxylation sites is 2. The van der Waals surface area contributed by atoms with Gasteiger partial charge < -0.3 is 4.42 Å². The van der Waals surface area contributed by atoms with Gasteiger partial charge in [0.05, 0.1) is 11.3 Å². The fraction of sp³-hybridized carbons (Fsp3) is 0.108. The molecule has 0 saturated heterocycles. The molecule has 3 heteroatoms. The number of fused-ring (bicyclic) bond motifs is 19. The summed E-state index contributed by atoms with van der Waals surface area (Å²) in [6, 6.07) is 79.7. The zero-order valence-electron chi connectivity index (χ0n) is 44.1. The quantitative estimate of drug-likeness (QED) is 0.177. The summed E-state index contributed by atoms with van der Waals surface area (Å²) in [6.45, 7) is 13.9. The number of nitriles is 1. The Bertz CT molecular complexity index is 4480. The molecule has 0 atom stereocenters. The summed E-state index contributed by atoms with van der Waals surface area (Å²) in [6.07, 6.45) is 1.90. The standard InChI is InChI=1S/C74H54N2O/c1-73(2,3)69-59(51-30-18-31-52(65(51)43-75)60-40-38-58-62-33-19-41-76-71(62)61-28-14-11-23-49(61)48-22-10-13-27-56(48)68(58)70(60)74(4,5)6)39-37-57-53-36-35-44(45-29-17-32-63-54-25-15-16-34-66(54)77-72(45)63)42-64(53)50-24-8-7-20-46(50)47-21-9-12-26-55(47)67(57)69/h7-42H,1-6H3. The molecule has 0 bridgehead atoms. The zero-order chi connectivity index (χ0) is 52.3. The molecular formula is C74H54N2O. The van der Waals surface area contributed by atoms with Gasteiger partial charge in [-0.3, -0.25) is 4.98 Å². The molecule has 2 heterocycles. The van der Waals surface area contributed by atoms with E-state index < -0.39 is 0 Å². The van der Waals surface area contributed by atoms with Crippen LogP contribution >= 0.6 is 0 Å². The van der Waals surface area contributed by atoms with Gasteiger partial charge in [0.1, 0.15) is 17.2 Å². The molecule has 0 N–H and O–H groups in total. The van der Waals surface area contributed by atoms with Gasteiger partial charge >= 0.3 is 0 Å². The maximum absolute atomic E-state index is 11.8. The molecular weight excluding hydrogens is 933 g/mol. The molecule has 0 radical (unpaired) electrons. The van der Waals surface area contributed by atoms with E-state index in [4.69, 9.17) is 9.40 Å². The SMILES string of the molecule is CC(C)(C)c1c(-c2cccc(-c3ccc4c(c3C(C)(C)C)-c3ccccc3-c3ccccc3-c3ncccc3-4)c2C#N)ccc2c1-c1ccccc1-c1ccccc1-c1cc(-c3cccc4c3oc3ccccc34)ccc1-2. The van der Waals surface area contributed by atoms with Crippen molar-refractivity contribution in [2.24, 2.45) is 0 Å². The Labute approximate surface area is 450 Å². The lowest BCUT2D eigenvalue weighted by atomic mass is 9.70. The lowest BCUT2D eigenvalue weighted by Gasteiger charge is -2.33. The minimum absolute atomic E-state index is 0.345. The third kappa shape index (κ3) is 7.13. The number of hydrogen-bond acceptors (Lipinski definition) is 3. The maximum Gasteiger partial charge on any atom is 0.143 e. The molecule has 366 valence electrons. The van der Waals surface area contributed by atoms with Gasteiger partial charge in [-0.25, -0.2) is 0 Å². The number of hydrogen-bond donors (Lipinski definition) is 0. The number of rotatable bonds is 3. The summed E-state index contributed by atoms with van der Waals surface area (Å²) in [5, 5.41) is 14.0. The predicted octanol–water partition coefficient (Wildman–Crippen LogP) is 20.4. The van der Waals surface area contributed by atoms with Crippen molar-refractivity contribution >= 4 is 21.9 Å². The summed E-state index contributed by atoms with van der Waals surface area (Å²) in [5.41, 5.74) is 28.5. The molecule has 0 fully saturated rings. The van der Waals surface area contributed by atoms with E-state index in [2.05, 4.69) is 248 Å². The predicted molar refractivity (Wildman–Crippen MR) is 321 cm³/mol. The molecule has 0 spiro atoms. The monoisotopic (exact) mass is 986 g/mol. The van der Waals surface area contributed by atoms with Gasteiger partial charge in [0.15, 0.2) is 0 Å². The third-order valence-electron chi connectivity index (χ3n) is 16.2. The van der Waals surface area contributed by atoms with Crippen LogP contribution in [0.25, 0.3) is 144 Å². The van der Waals surface area contributed by atoms with Crippen molar-refractivity contribution in [1.29, 1.82) is 5.26 Å². The molecule has 0 saturated carbocycles. The van der Waals surface area contributed by atoms with Gasteiger partial charge in [0.25, 0.3) is 0 Å². The molecule has 2 aliphatic carbocycles. The first-order valence-electron chi connectivity index (χ1n) is 26.8. The smallest absolute Gasteiger partial charge is 0.143 e. The largest absolute Gasteiger partial charge is 0.455 e. The fourth-order valence-corrected chi connectivity index (χ4v) is 13.1. The zero-order valence-corrected chi connectivity index (χ0v) is 44.1. The van der Waals surface area contributed by atoms with Crippen LogP contribution in [-0.4, -0.2) is 4.98 Å². The van der Waals surface area contributed by atoms with E-state index in [1.54, 1.807) is 0 Å². The topological polar surface area (TPSA) is 49.8 Å². The van der Waals surface area contributed by atoms with Gasteiger partial charge in [-0.15, -0.1) is 0 Å². The normalized spacial score (nSPS) is 12.3. The number of pyridine rings is 1. The number of benzene rings is 10. The first-order valence-corrected chi connectivity index (χ1v) is 26.8. The first kappa shape index (κ1) is 46.2. The van der Waals surface area contributed by atoms with Crippen LogP contribution < -0.4 is 0 Å². The van der Waals surface area contributed by atoms with Crippen molar-refractivity contribution in [2.75, 3.05) is 0 Å². The summed E-state index contributed by atoms with van der Waals surface area (Å²) in [5.74, 6) is 0. The molecule has 14 rings (SSSR count). The molecule has 3 nitrogen and oxygen atoms in total. The van der Waals surface area contributed by atoms with Gasteiger partial charge in [-0.05, 0) is 129 Å². The summed E-state index contributed by atoms with van der Waals surface area (Å²) >= 11 is 0. The van der Waals surface area contributed by atoms with E-state index in [0.29, 0.717) is 5.56 Å². The molecule has 12 aromatic rings. The van der Waals surface area contributed by atoms with Crippen molar-refractivity contribution < 1.29 is 4.42 Å². The summed E-state index contributed by atoms with van der Waals surface area (Å²) < 4.78 is 6.63. The Morgan fingerprint density at radius 2 is 0.766 bits per heavy atom. The lowest BCUT2D eigenvalue weighted by molar-refractivity contribution is 0.594. The second-order valence-corrected chi connectivity index (χ2v) is 22.8. The van der Waals surface area contributed by atoms with Gasteiger partial charge in [-0.2, -0.15) is 5.26 Å². The average Bonchev–Trinajstić information content (AvgIpc) is 3.84. The van der Waals surface area contributed by atoms with Crippen LogP contribution in [0.2, 0.25) is 0 Å². The van der Waals surface area contributed by atoms with E-state index in [0.717, 1.165) is 106 Å². The molecule has 0 unspecified atom stereocenters. The number of nitrogens with zero attached hydrogens (tertiary/aromatic N) is 2. The van der Waals surface area contributed by atoms with E-state index in [1.807, 2.05) is 18.3 Å². The second kappa shape index (κ2) is 17.4. The van der Waals surface area contributed by atoms with Crippen molar-refractivity contribution in [1.82, 2.24) is 4.98 Å². The van der Waals surface area contributed by atoms with Gasteiger partial charge in [-0.1, -0.05) is 236 Å². The molecule has 0 aliphatic heterocycles. The summed E-state index contributed by atoms with van der Waals surface area (Å²) in [4.78, 5) is 5.07. The fourth-order valence-electron chi connectivity index (χ4n) is 13.1. The van der Waals surface area contributed by atoms with Crippen molar-refractivity contribution in [3.05, 3.63) is 235 Å². The van der Waals surface area contributed by atoms with E-state index in [1.165, 1.54) is 50.1 Å². The van der Waals surface area contributed by atoms with E-state index in [9.17, 15) is 5.26 Å². The minimum Gasteiger partial charge on any atom is -0.455 e. The average molecular weight is 987 g/mol. The minimum atomic E-state index is -0.368.